The Kier molecular flexibility index (Phi) is 4.30. The van der Waals surface area contributed by atoms with Crippen LogP contribution in [0.3, 0.4) is 0 Å². The Morgan fingerprint density at radius 3 is 2.67 bits per heavy atom. The molecule has 8 nitrogen and oxygen atoms in total. The topological polar surface area (TPSA) is 96.1 Å². The van der Waals surface area contributed by atoms with E-state index >= 15 is 0 Å². The fourth-order valence-electron chi connectivity index (χ4n) is 2.29. The van der Waals surface area contributed by atoms with Crippen LogP contribution in [0, 0.1) is 0 Å². The maximum absolute atomic E-state index is 12.2. The number of hydrogen-bond donors (Lipinski definition) is 0. The Labute approximate surface area is 141 Å². The van der Waals surface area contributed by atoms with Gasteiger partial charge in [0.25, 0.3) is 0 Å². The first-order valence-electron chi connectivity index (χ1n) is 7.20. The molecule has 0 aliphatic heterocycles. The van der Waals surface area contributed by atoms with Crippen LogP contribution in [0.5, 0.6) is 0 Å². The van der Waals surface area contributed by atoms with Crippen LogP contribution in [0.2, 0.25) is 5.02 Å². The maximum Gasteiger partial charge on any atom is 0.368 e. The zero-order chi connectivity index (χ0) is 17.3. The average molecular weight is 349 g/mol. The van der Waals surface area contributed by atoms with Crippen molar-refractivity contribution in [2.75, 3.05) is 0 Å². The Morgan fingerprint density at radius 1 is 1.25 bits per heavy atom. The summed E-state index contributed by atoms with van der Waals surface area (Å²) >= 11 is 6.12. The molecule has 0 atom stereocenters. The number of allylic oxidation sites excluding steroid dienone is 2. The van der Waals surface area contributed by atoms with Crippen LogP contribution in [0.15, 0.2) is 34.8 Å². The Hall–Kier alpha value is -2.74. The van der Waals surface area contributed by atoms with Gasteiger partial charge in [-0.15, -0.1) is 0 Å². The molecule has 0 saturated carbocycles. The molecule has 0 amide bonds. The predicted octanol–water partition coefficient (Wildman–Crippen LogP) is 1.41. The molecule has 1 aliphatic carbocycles. The van der Waals surface area contributed by atoms with Crippen LogP contribution in [0.1, 0.15) is 29.6 Å². The molecular weight excluding hydrogens is 336 g/mol. The van der Waals surface area contributed by atoms with Gasteiger partial charge in [-0.2, -0.15) is 9.36 Å². The van der Waals surface area contributed by atoms with Gasteiger partial charge in [-0.05, 0) is 35.0 Å². The number of nitrogens with zero attached hydrogens (tertiary/aromatic N) is 4. The molecule has 1 aliphatic rings. The number of benzene rings is 1. The first-order valence-corrected chi connectivity index (χ1v) is 7.58. The van der Waals surface area contributed by atoms with Gasteiger partial charge in [-0.3, -0.25) is 4.79 Å². The van der Waals surface area contributed by atoms with Gasteiger partial charge in [-0.1, -0.05) is 11.6 Å². The summed E-state index contributed by atoms with van der Waals surface area (Å²) in [6, 6.07) is 4.37. The van der Waals surface area contributed by atoms with Gasteiger partial charge in [-0.25, -0.2) is 9.59 Å². The molecule has 0 spiro atoms. The third-order valence-corrected chi connectivity index (χ3v) is 3.84. The lowest BCUT2D eigenvalue weighted by Gasteiger charge is -2.13. The molecule has 0 saturated heterocycles. The van der Waals surface area contributed by atoms with E-state index in [1.165, 1.54) is 31.3 Å². The number of carbonyl (C=O) groups is 2. The molecule has 1 heterocycles. The van der Waals surface area contributed by atoms with Crippen LogP contribution in [-0.2, 0) is 16.6 Å². The number of rotatable bonds is 3. The standard InChI is InChI=1S/C15H13ClN4O4/c1-19-15(23)20(18-17-19)9-5-6-12(13(16)7-9)14(22)24-11-4-2-3-10(21)8-11/h5-8H,2-4H2,1H3. The fourth-order valence-corrected chi connectivity index (χ4v) is 2.54. The summed E-state index contributed by atoms with van der Waals surface area (Å²) in [6.07, 6.45) is 2.98. The van der Waals surface area contributed by atoms with E-state index in [-0.39, 0.29) is 16.4 Å². The third kappa shape index (κ3) is 3.13. The van der Waals surface area contributed by atoms with Gasteiger partial charge in [0.05, 0.1) is 16.3 Å². The number of carbonyl (C=O) groups excluding carboxylic acids is 2. The second-order valence-electron chi connectivity index (χ2n) is 5.28. The van der Waals surface area contributed by atoms with E-state index in [0.29, 0.717) is 30.7 Å². The smallest absolute Gasteiger partial charge is 0.368 e. The Bertz CT molecular complexity index is 912. The largest absolute Gasteiger partial charge is 0.427 e. The minimum atomic E-state index is -0.654. The highest BCUT2D eigenvalue weighted by molar-refractivity contribution is 6.33. The molecule has 0 unspecified atom stereocenters. The van der Waals surface area contributed by atoms with Gasteiger partial charge >= 0.3 is 11.7 Å². The van der Waals surface area contributed by atoms with Crippen molar-refractivity contribution in [3.63, 3.8) is 0 Å². The van der Waals surface area contributed by atoms with E-state index in [4.69, 9.17) is 16.3 Å². The zero-order valence-electron chi connectivity index (χ0n) is 12.7. The monoisotopic (exact) mass is 348 g/mol. The lowest BCUT2D eigenvalue weighted by Crippen LogP contribution is -2.22. The first-order chi connectivity index (χ1) is 11.5. The third-order valence-electron chi connectivity index (χ3n) is 3.53. The zero-order valence-corrected chi connectivity index (χ0v) is 13.5. The molecule has 0 fully saturated rings. The van der Waals surface area contributed by atoms with E-state index < -0.39 is 11.7 Å². The predicted molar refractivity (Wildman–Crippen MR) is 84.0 cm³/mol. The molecular formula is C15H13ClN4O4. The number of esters is 1. The van der Waals surface area contributed by atoms with Crippen molar-refractivity contribution in [1.29, 1.82) is 0 Å². The number of aromatic nitrogens is 4. The van der Waals surface area contributed by atoms with E-state index in [1.54, 1.807) is 0 Å². The van der Waals surface area contributed by atoms with Crippen molar-refractivity contribution in [2.24, 2.45) is 7.05 Å². The molecule has 124 valence electrons. The minimum Gasteiger partial charge on any atom is -0.427 e. The highest BCUT2D eigenvalue weighted by atomic mass is 35.5. The van der Waals surface area contributed by atoms with Crippen LogP contribution in [-0.4, -0.2) is 31.5 Å². The number of ether oxygens (including phenoxy) is 1. The maximum atomic E-state index is 12.2. The molecule has 9 heteroatoms. The molecule has 0 radical (unpaired) electrons. The second kappa shape index (κ2) is 6.40. The number of tetrazole rings is 1. The van der Waals surface area contributed by atoms with Crippen LogP contribution >= 0.6 is 11.6 Å². The van der Waals surface area contributed by atoms with Gasteiger partial charge in [0.1, 0.15) is 5.76 Å². The van der Waals surface area contributed by atoms with E-state index in [2.05, 4.69) is 10.4 Å². The molecule has 0 N–H and O–H groups in total. The fraction of sp³-hybridized carbons (Fsp3) is 0.267. The summed E-state index contributed by atoms with van der Waals surface area (Å²) in [5.41, 5.74) is 0.0743. The van der Waals surface area contributed by atoms with Gasteiger partial charge in [0.2, 0.25) is 0 Å². The van der Waals surface area contributed by atoms with E-state index in [1.807, 2.05) is 0 Å². The minimum absolute atomic E-state index is 0.0625. The van der Waals surface area contributed by atoms with Gasteiger partial charge in [0.15, 0.2) is 5.78 Å². The SMILES string of the molecule is Cn1nnn(-c2ccc(C(=O)OC3=CC(=O)CCC3)c(Cl)c2)c1=O. The quantitative estimate of drug-likeness (QED) is 0.778. The molecule has 0 bridgehead atoms. The summed E-state index contributed by atoms with van der Waals surface area (Å²) in [5.74, 6) is -0.381. The molecule has 1 aromatic carbocycles. The number of hydrogen-bond acceptors (Lipinski definition) is 6. The summed E-state index contributed by atoms with van der Waals surface area (Å²) in [5, 5.41) is 7.42. The van der Waals surface area contributed by atoms with Crippen LogP contribution in [0.4, 0.5) is 0 Å². The second-order valence-corrected chi connectivity index (χ2v) is 5.69. The molecule has 1 aromatic heterocycles. The van der Waals surface area contributed by atoms with Crippen molar-refractivity contribution in [2.45, 2.75) is 19.3 Å². The van der Waals surface area contributed by atoms with Crippen molar-refractivity contribution in [3.05, 3.63) is 51.1 Å². The molecule has 24 heavy (non-hydrogen) atoms. The van der Waals surface area contributed by atoms with Crippen molar-refractivity contribution in [1.82, 2.24) is 19.8 Å². The molecule has 3 rings (SSSR count). The number of halogens is 1. The lowest BCUT2D eigenvalue weighted by molar-refractivity contribution is -0.115. The number of ketones is 1. The Balaban J connectivity index is 1.85. The normalized spacial score (nSPS) is 14.4. The number of aryl methyl sites for hydroxylation is 1. The first kappa shape index (κ1) is 16.1. The molecule has 2 aromatic rings. The van der Waals surface area contributed by atoms with Crippen LogP contribution in [0.25, 0.3) is 5.69 Å². The Morgan fingerprint density at radius 2 is 2.04 bits per heavy atom. The highest BCUT2D eigenvalue weighted by Gasteiger charge is 2.18. The lowest BCUT2D eigenvalue weighted by atomic mass is 10.1. The summed E-state index contributed by atoms with van der Waals surface area (Å²) < 4.78 is 7.35. The average Bonchev–Trinajstić information content (AvgIpc) is 2.86. The summed E-state index contributed by atoms with van der Waals surface area (Å²) in [6.45, 7) is 0. The van der Waals surface area contributed by atoms with Crippen molar-refractivity contribution in [3.8, 4) is 5.69 Å². The van der Waals surface area contributed by atoms with Crippen LogP contribution < -0.4 is 5.69 Å². The summed E-state index contributed by atoms with van der Waals surface area (Å²) in [7, 11) is 1.47. The highest BCUT2D eigenvalue weighted by Crippen LogP contribution is 2.23. The van der Waals surface area contributed by atoms with E-state index in [9.17, 15) is 14.4 Å². The van der Waals surface area contributed by atoms with Gasteiger partial charge < -0.3 is 4.74 Å². The van der Waals surface area contributed by atoms with Gasteiger partial charge in [0, 0.05) is 26.0 Å². The van der Waals surface area contributed by atoms with Crippen molar-refractivity contribution < 1.29 is 14.3 Å². The summed E-state index contributed by atoms with van der Waals surface area (Å²) in [4.78, 5) is 35.4. The van der Waals surface area contributed by atoms with Crippen molar-refractivity contribution >= 4 is 23.4 Å². The van der Waals surface area contributed by atoms with E-state index in [0.717, 1.165) is 9.36 Å².